The molecule has 0 radical (unpaired) electrons. The molecule has 18 heavy (non-hydrogen) atoms. The summed E-state index contributed by atoms with van der Waals surface area (Å²) in [7, 11) is 0. The van der Waals surface area contributed by atoms with Crippen LogP contribution in [0.1, 0.15) is 46.5 Å². The van der Waals surface area contributed by atoms with E-state index in [0.717, 1.165) is 38.8 Å². The van der Waals surface area contributed by atoms with Crippen LogP contribution in [0.3, 0.4) is 0 Å². The zero-order chi connectivity index (χ0) is 13.2. The molecule has 0 bridgehead atoms. The normalized spacial score (nSPS) is 24.0. The molecule has 1 rings (SSSR count). The highest BCUT2D eigenvalue weighted by Crippen LogP contribution is 2.13. The summed E-state index contributed by atoms with van der Waals surface area (Å²) >= 11 is 0. The lowest BCUT2D eigenvalue weighted by atomic mass is 10.0. The Morgan fingerprint density at radius 1 is 1.17 bits per heavy atom. The van der Waals surface area contributed by atoms with Crippen LogP contribution in [0.2, 0.25) is 0 Å². The summed E-state index contributed by atoms with van der Waals surface area (Å²) in [6.45, 7) is 12.0. The van der Waals surface area contributed by atoms with Gasteiger partial charge >= 0.3 is 0 Å². The molecule has 1 saturated heterocycles. The third-order valence-electron chi connectivity index (χ3n) is 3.65. The Morgan fingerprint density at radius 3 is 2.72 bits per heavy atom. The predicted molar refractivity (Wildman–Crippen MR) is 77.9 cm³/mol. The molecule has 0 saturated carbocycles. The van der Waals surface area contributed by atoms with E-state index in [1.807, 2.05) is 0 Å². The van der Waals surface area contributed by atoms with E-state index in [1.165, 1.54) is 25.7 Å². The summed E-state index contributed by atoms with van der Waals surface area (Å²) in [5.74, 6) is 1.50. The van der Waals surface area contributed by atoms with E-state index in [0.29, 0.717) is 12.0 Å². The second-order valence-electron chi connectivity index (χ2n) is 5.95. The minimum Gasteiger partial charge on any atom is -0.379 e. The standard InChI is InChI=1S/C15H32N2O/c1-4-8-17-15-12-18-11-14(15)10-16-9-6-5-7-13(2)3/h13-17H,4-12H2,1-3H3. The largest absolute Gasteiger partial charge is 0.379 e. The Labute approximate surface area is 113 Å². The van der Waals surface area contributed by atoms with Crippen LogP contribution in [0.4, 0.5) is 0 Å². The summed E-state index contributed by atoms with van der Waals surface area (Å²) in [5.41, 5.74) is 0. The third-order valence-corrected chi connectivity index (χ3v) is 3.65. The molecular formula is C15H32N2O. The average Bonchev–Trinajstić information content (AvgIpc) is 2.78. The molecule has 0 aliphatic carbocycles. The number of unbranched alkanes of at least 4 members (excludes halogenated alkanes) is 1. The van der Waals surface area contributed by atoms with Gasteiger partial charge in [0.05, 0.1) is 13.2 Å². The molecule has 0 aromatic heterocycles. The first kappa shape index (κ1) is 15.9. The number of rotatable bonds is 10. The molecule has 2 atom stereocenters. The molecule has 0 amide bonds. The van der Waals surface area contributed by atoms with Crippen molar-refractivity contribution in [2.45, 2.75) is 52.5 Å². The van der Waals surface area contributed by atoms with Crippen LogP contribution >= 0.6 is 0 Å². The van der Waals surface area contributed by atoms with E-state index in [9.17, 15) is 0 Å². The van der Waals surface area contributed by atoms with Crippen molar-refractivity contribution in [3.8, 4) is 0 Å². The fraction of sp³-hybridized carbons (Fsp3) is 1.00. The van der Waals surface area contributed by atoms with Gasteiger partial charge in [0.15, 0.2) is 0 Å². The molecule has 108 valence electrons. The second kappa shape index (κ2) is 9.76. The minimum atomic E-state index is 0.563. The highest BCUT2D eigenvalue weighted by atomic mass is 16.5. The van der Waals surface area contributed by atoms with Crippen LogP contribution in [-0.4, -0.2) is 38.9 Å². The van der Waals surface area contributed by atoms with Crippen molar-refractivity contribution in [3.05, 3.63) is 0 Å². The highest BCUT2D eigenvalue weighted by Gasteiger charge is 2.26. The van der Waals surface area contributed by atoms with Crippen LogP contribution in [0.15, 0.2) is 0 Å². The summed E-state index contributed by atoms with van der Waals surface area (Å²) < 4.78 is 5.57. The number of hydrogen-bond donors (Lipinski definition) is 2. The fourth-order valence-electron chi connectivity index (χ4n) is 2.45. The summed E-state index contributed by atoms with van der Waals surface area (Å²) in [5, 5.41) is 7.17. The smallest absolute Gasteiger partial charge is 0.0623 e. The first-order valence-electron chi connectivity index (χ1n) is 7.75. The van der Waals surface area contributed by atoms with Gasteiger partial charge in [-0.25, -0.2) is 0 Å². The van der Waals surface area contributed by atoms with Gasteiger partial charge in [0, 0.05) is 18.5 Å². The van der Waals surface area contributed by atoms with Gasteiger partial charge in [0.1, 0.15) is 0 Å². The molecule has 2 unspecified atom stereocenters. The molecule has 1 aliphatic heterocycles. The van der Waals surface area contributed by atoms with E-state index >= 15 is 0 Å². The lowest BCUT2D eigenvalue weighted by molar-refractivity contribution is 0.182. The lowest BCUT2D eigenvalue weighted by Crippen LogP contribution is -2.40. The maximum absolute atomic E-state index is 5.57. The van der Waals surface area contributed by atoms with Gasteiger partial charge in [-0.3, -0.25) is 0 Å². The Bertz CT molecular complexity index is 197. The van der Waals surface area contributed by atoms with E-state index in [4.69, 9.17) is 4.74 Å². The topological polar surface area (TPSA) is 33.3 Å². The van der Waals surface area contributed by atoms with Crippen molar-refractivity contribution >= 4 is 0 Å². The van der Waals surface area contributed by atoms with Gasteiger partial charge in [-0.1, -0.05) is 33.6 Å². The minimum absolute atomic E-state index is 0.563. The van der Waals surface area contributed by atoms with E-state index in [-0.39, 0.29) is 0 Å². The first-order valence-corrected chi connectivity index (χ1v) is 7.75. The van der Waals surface area contributed by atoms with Crippen LogP contribution in [0.25, 0.3) is 0 Å². The zero-order valence-corrected chi connectivity index (χ0v) is 12.5. The Balaban J connectivity index is 2.00. The molecule has 0 aromatic carbocycles. The predicted octanol–water partition coefficient (Wildman–Crippen LogP) is 2.42. The maximum atomic E-state index is 5.57. The monoisotopic (exact) mass is 256 g/mol. The summed E-state index contributed by atoms with van der Waals surface area (Å²) in [6.07, 6.45) is 5.21. The van der Waals surface area contributed by atoms with Crippen molar-refractivity contribution in [1.82, 2.24) is 10.6 Å². The van der Waals surface area contributed by atoms with Crippen molar-refractivity contribution in [2.24, 2.45) is 11.8 Å². The molecule has 3 heteroatoms. The molecule has 1 fully saturated rings. The first-order chi connectivity index (χ1) is 8.74. The van der Waals surface area contributed by atoms with Crippen molar-refractivity contribution in [2.75, 3.05) is 32.8 Å². The van der Waals surface area contributed by atoms with E-state index in [2.05, 4.69) is 31.4 Å². The van der Waals surface area contributed by atoms with Gasteiger partial charge in [-0.05, 0) is 31.8 Å². The van der Waals surface area contributed by atoms with Crippen molar-refractivity contribution in [1.29, 1.82) is 0 Å². The van der Waals surface area contributed by atoms with Gasteiger partial charge in [0.2, 0.25) is 0 Å². The number of hydrogen-bond acceptors (Lipinski definition) is 3. The summed E-state index contributed by atoms with van der Waals surface area (Å²) in [6, 6.07) is 0.563. The van der Waals surface area contributed by atoms with E-state index < -0.39 is 0 Å². The molecule has 3 nitrogen and oxygen atoms in total. The van der Waals surface area contributed by atoms with Crippen LogP contribution in [0, 0.1) is 11.8 Å². The number of nitrogens with one attached hydrogen (secondary N) is 2. The Hall–Kier alpha value is -0.120. The van der Waals surface area contributed by atoms with Crippen molar-refractivity contribution in [3.63, 3.8) is 0 Å². The molecule has 2 N–H and O–H groups in total. The molecular weight excluding hydrogens is 224 g/mol. The third kappa shape index (κ3) is 6.72. The van der Waals surface area contributed by atoms with Gasteiger partial charge in [-0.15, -0.1) is 0 Å². The van der Waals surface area contributed by atoms with Crippen LogP contribution in [0.5, 0.6) is 0 Å². The fourth-order valence-corrected chi connectivity index (χ4v) is 2.45. The van der Waals surface area contributed by atoms with Crippen LogP contribution < -0.4 is 10.6 Å². The SMILES string of the molecule is CCCNC1COCC1CNCCCCC(C)C. The number of ether oxygens (including phenoxy) is 1. The zero-order valence-electron chi connectivity index (χ0n) is 12.5. The van der Waals surface area contributed by atoms with Gasteiger partial charge in [0.25, 0.3) is 0 Å². The Morgan fingerprint density at radius 2 is 2.00 bits per heavy atom. The highest BCUT2D eigenvalue weighted by molar-refractivity contribution is 4.82. The second-order valence-corrected chi connectivity index (χ2v) is 5.95. The Kier molecular flexibility index (Phi) is 8.64. The average molecular weight is 256 g/mol. The molecule has 1 aliphatic rings. The summed E-state index contributed by atoms with van der Waals surface area (Å²) in [4.78, 5) is 0. The quantitative estimate of drug-likeness (QED) is 0.589. The van der Waals surface area contributed by atoms with E-state index in [1.54, 1.807) is 0 Å². The maximum Gasteiger partial charge on any atom is 0.0623 e. The van der Waals surface area contributed by atoms with Gasteiger partial charge in [-0.2, -0.15) is 0 Å². The van der Waals surface area contributed by atoms with Crippen LogP contribution in [-0.2, 0) is 4.74 Å². The lowest BCUT2D eigenvalue weighted by Gasteiger charge is -2.19. The van der Waals surface area contributed by atoms with Gasteiger partial charge < -0.3 is 15.4 Å². The molecule has 0 aromatic rings. The molecule has 1 heterocycles. The van der Waals surface area contributed by atoms with Crippen molar-refractivity contribution < 1.29 is 4.74 Å². The molecule has 0 spiro atoms.